The van der Waals surface area contributed by atoms with Crippen LogP contribution in [-0.2, 0) is 14.2 Å². The molecule has 0 aromatic rings. The number of methoxy groups -OCH3 is 1. The van der Waals surface area contributed by atoms with Crippen LogP contribution >= 0.6 is 0 Å². The maximum Gasteiger partial charge on any atom is 0.575 e. The van der Waals surface area contributed by atoms with Gasteiger partial charge in [-0.25, -0.2) is 0 Å². The first-order valence-corrected chi connectivity index (χ1v) is 2.78. The van der Waals surface area contributed by atoms with Crippen molar-refractivity contribution in [3.05, 3.63) is 12.2 Å². The summed E-state index contributed by atoms with van der Waals surface area (Å²) in [7, 11) is 0.812. The second-order valence-electron chi connectivity index (χ2n) is 1.59. The highest BCUT2D eigenvalue weighted by Crippen LogP contribution is 2.21. The van der Waals surface area contributed by atoms with Gasteiger partial charge in [0.15, 0.2) is 6.26 Å². The van der Waals surface area contributed by atoms with Gasteiger partial charge >= 0.3 is 18.9 Å². The largest absolute Gasteiger partial charge is 0.575 e. The molecule has 0 saturated heterocycles. The van der Waals surface area contributed by atoms with Crippen LogP contribution in [0.1, 0.15) is 0 Å². The van der Waals surface area contributed by atoms with Gasteiger partial charge in [-0.1, -0.05) is 0 Å². The summed E-state index contributed by atoms with van der Waals surface area (Å²) in [6.45, 7) is -3.23. The zero-order chi connectivity index (χ0) is 10.5. The van der Waals surface area contributed by atoms with E-state index in [4.69, 9.17) is 0 Å². The Labute approximate surface area is 69.7 Å². The van der Waals surface area contributed by atoms with Crippen molar-refractivity contribution >= 4 is 0 Å². The highest BCUT2D eigenvalue weighted by Gasteiger charge is 2.33. The zero-order valence-corrected chi connectivity index (χ0v) is 6.27. The third-order valence-electron chi connectivity index (χ3n) is 0.685. The van der Waals surface area contributed by atoms with Crippen molar-refractivity contribution in [2.75, 3.05) is 7.11 Å². The molecule has 0 radical (unpaired) electrons. The highest BCUT2D eigenvalue weighted by molar-refractivity contribution is 4.75. The van der Waals surface area contributed by atoms with Crippen LogP contribution in [-0.4, -0.2) is 20.1 Å². The van der Waals surface area contributed by atoms with E-state index in [0.29, 0.717) is 0 Å². The first-order valence-electron chi connectivity index (χ1n) is 2.78. The molecule has 8 heteroatoms. The van der Waals surface area contributed by atoms with Gasteiger partial charge in [0.1, 0.15) is 0 Å². The molecule has 0 aliphatic carbocycles. The van der Waals surface area contributed by atoms with Gasteiger partial charge < -0.3 is 14.2 Å². The Kier molecular flexibility index (Phi) is 4.29. The number of hydrogen-bond donors (Lipinski definition) is 0. The average molecular weight is 208 g/mol. The summed E-state index contributed by atoms with van der Waals surface area (Å²) in [5.74, 6) is -1.20. The maximum absolute atomic E-state index is 11.4. The molecule has 0 saturated carbocycles. The second kappa shape index (κ2) is 4.73. The molecule has 0 aliphatic rings. The van der Waals surface area contributed by atoms with Gasteiger partial charge in [0.2, 0.25) is 0 Å². The first-order chi connectivity index (χ1) is 5.85. The molecule has 0 unspecified atom stereocenters. The van der Waals surface area contributed by atoms with E-state index < -0.39 is 18.9 Å². The Balaban J connectivity index is 4.10. The lowest BCUT2D eigenvalue weighted by Gasteiger charge is -2.10. The van der Waals surface area contributed by atoms with E-state index in [1.165, 1.54) is 0 Å². The fourth-order valence-corrected chi connectivity index (χ4v) is 0.335. The lowest BCUT2D eigenvalue weighted by atomic mass is 10.9. The average Bonchev–Trinajstić information content (AvgIpc) is 1.95. The van der Waals surface area contributed by atoms with Crippen LogP contribution in [0, 0.1) is 0 Å². The van der Waals surface area contributed by atoms with E-state index in [0.717, 1.165) is 7.11 Å². The lowest BCUT2D eigenvalue weighted by Crippen LogP contribution is -2.14. The molecule has 0 spiro atoms. The number of halogens is 5. The van der Waals surface area contributed by atoms with Gasteiger partial charge in [0, 0.05) is 0 Å². The van der Waals surface area contributed by atoms with Crippen LogP contribution < -0.4 is 0 Å². The quantitative estimate of drug-likeness (QED) is 0.523. The van der Waals surface area contributed by atoms with Crippen molar-refractivity contribution in [2.45, 2.75) is 13.0 Å². The Morgan fingerprint density at radius 2 is 1.85 bits per heavy atom. The second-order valence-corrected chi connectivity index (χ2v) is 1.59. The van der Waals surface area contributed by atoms with E-state index in [-0.39, 0.29) is 6.26 Å². The Morgan fingerprint density at radius 1 is 1.31 bits per heavy atom. The monoisotopic (exact) mass is 208 g/mol. The molecule has 0 aromatic carbocycles. The van der Waals surface area contributed by atoms with Crippen LogP contribution in [0.2, 0.25) is 0 Å². The summed E-state index contributed by atoms with van der Waals surface area (Å²) in [6.07, 6.45) is -4.98. The maximum atomic E-state index is 11.4. The minimum Gasteiger partial charge on any atom is -0.466 e. The van der Waals surface area contributed by atoms with Crippen molar-refractivity contribution in [3.8, 4) is 0 Å². The number of rotatable bonds is 4. The Hall–Kier alpha value is -1.21. The van der Waals surface area contributed by atoms with E-state index in [9.17, 15) is 22.0 Å². The third kappa shape index (κ3) is 7.16. The van der Waals surface area contributed by atoms with Gasteiger partial charge in [-0.15, -0.1) is 13.2 Å². The van der Waals surface area contributed by atoms with E-state index >= 15 is 0 Å². The molecule has 78 valence electrons. The molecule has 0 aromatic heterocycles. The molecular weight excluding hydrogens is 203 g/mol. The number of alkyl halides is 5. The van der Waals surface area contributed by atoms with Gasteiger partial charge in [-0.3, -0.25) is 0 Å². The predicted octanol–water partition coefficient (Wildman–Crippen LogP) is 2.21. The lowest BCUT2D eigenvalue weighted by molar-refractivity contribution is -0.322. The topological polar surface area (TPSA) is 27.7 Å². The van der Waals surface area contributed by atoms with Crippen LogP contribution in [0.25, 0.3) is 0 Å². The molecule has 0 aliphatic heterocycles. The molecular formula is C5H5F5O3. The summed E-state index contributed by atoms with van der Waals surface area (Å²) in [4.78, 5) is 0. The molecule has 0 bridgehead atoms. The molecule has 0 rings (SSSR count). The molecule has 0 amide bonds. The van der Waals surface area contributed by atoms with Gasteiger partial charge in [-0.2, -0.15) is 8.78 Å². The minimum atomic E-state index is -5.01. The fraction of sp³-hybridized carbons (Fsp3) is 0.600. The predicted molar refractivity (Wildman–Crippen MR) is 29.3 cm³/mol. The number of hydrogen-bond acceptors (Lipinski definition) is 3. The van der Waals surface area contributed by atoms with Crippen LogP contribution in [0.3, 0.4) is 0 Å². The number of ether oxygens (including phenoxy) is 3. The van der Waals surface area contributed by atoms with E-state index in [2.05, 4.69) is 14.2 Å². The molecule has 0 atom stereocenters. The summed E-state index contributed by atoms with van der Waals surface area (Å²) in [6, 6.07) is 0. The standard InChI is InChI=1S/C5H5F5O3/c1-11-3(2-12-4(6)7)13-5(8,9)10/h2,4H,1H3/b3-2+. The van der Waals surface area contributed by atoms with Gasteiger partial charge in [0.25, 0.3) is 0 Å². The van der Waals surface area contributed by atoms with Gasteiger partial charge in [0.05, 0.1) is 7.11 Å². The molecule has 13 heavy (non-hydrogen) atoms. The molecule has 0 heterocycles. The van der Waals surface area contributed by atoms with Crippen molar-refractivity contribution in [2.24, 2.45) is 0 Å². The summed E-state index contributed by atoms with van der Waals surface area (Å²) in [5, 5.41) is 0. The summed E-state index contributed by atoms with van der Waals surface area (Å²) in [5.41, 5.74) is 0. The normalized spacial score (nSPS) is 13.0. The van der Waals surface area contributed by atoms with Gasteiger partial charge in [-0.05, 0) is 0 Å². The fourth-order valence-electron chi connectivity index (χ4n) is 0.335. The van der Waals surface area contributed by atoms with E-state index in [1.807, 2.05) is 0 Å². The van der Waals surface area contributed by atoms with Crippen LogP contribution in [0.5, 0.6) is 0 Å². The van der Waals surface area contributed by atoms with Crippen molar-refractivity contribution < 1.29 is 36.2 Å². The molecule has 0 N–H and O–H groups in total. The van der Waals surface area contributed by atoms with Crippen molar-refractivity contribution in [1.82, 2.24) is 0 Å². The van der Waals surface area contributed by atoms with E-state index in [1.54, 1.807) is 0 Å². The van der Waals surface area contributed by atoms with Crippen LogP contribution in [0.4, 0.5) is 22.0 Å². The van der Waals surface area contributed by atoms with Crippen molar-refractivity contribution in [1.29, 1.82) is 0 Å². The zero-order valence-electron chi connectivity index (χ0n) is 6.27. The summed E-state index contributed by atoms with van der Waals surface area (Å²) >= 11 is 0. The minimum absolute atomic E-state index is 0.0259. The first kappa shape index (κ1) is 11.8. The van der Waals surface area contributed by atoms with Crippen molar-refractivity contribution in [3.63, 3.8) is 0 Å². The highest BCUT2D eigenvalue weighted by atomic mass is 19.4. The molecule has 0 fully saturated rings. The third-order valence-corrected chi connectivity index (χ3v) is 0.685. The Morgan fingerprint density at radius 3 is 2.15 bits per heavy atom. The molecule has 3 nitrogen and oxygen atoms in total. The smallest absolute Gasteiger partial charge is 0.466 e. The summed E-state index contributed by atoms with van der Waals surface area (Å²) < 4.78 is 67.4. The Bertz CT molecular complexity index is 175. The van der Waals surface area contributed by atoms with Crippen LogP contribution in [0.15, 0.2) is 12.2 Å². The SMILES string of the molecule is CO/C(=C\OC(F)F)OC(F)(F)F.